The van der Waals surface area contributed by atoms with Crippen molar-refractivity contribution >= 4 is 21.6 Å². The number of benzene rings is 2. The molecule has 0 spiro atoms. The lowest BCUT2D eigenvalue weighted by molar-refractivity contribution is 0.210. The van der Waals surface area contributed by atoms with E-state index in [9.17, 15) is 0 Å². The van der Waals surface area contributed by atoms with Crippen molar-refractivity contribution in [3.05, 3.63) is 58.1 Å². The fourth-order valence-electron chi connectivity index (χ4n) is 2.20. The first-order valence-electron chi connectivity index (χ1n) is 5.99. The Bertz CT molecular complexity index is 582. The normalized spacial score (nSPS) is 17.6. The van der Waals surface area contributed by atoms with E-state index in [1.165, 1.54) is 11.1 Å². The van der Waals surface area contributed by atoms with Gasteiger partial charge in [-0.05, 0) is 30.7 Å². The monoisotopic (exact) mass is 303 g/mol. The van der Waals surface area contributed by atoms with Crippen molar-refractivity contribution in [2.24, 2.45) is 0 Å². The van der Waals surface area contributed by atoms with E-state index in [2.05, 4.69) is 52.4 Å². The van der Waals surface area contributed by atoms with Gasteiger partial charge in [0.15, 0.2) is 0 Å². The molecule has 2 aromatic rings. The average Bonchev–Trinajstić information content (AvgIpc) is 2.38. The number of nitrogens with one attached hydrogen (secondary N) is 1. The zero-order valence-electron chi connectivity index (χ0n) is 10.1. The molecule has 0 amide bonds. The van der Waals surface area contributed by atoms with Gasteiger partial charge in [0.05, 0.1) is 12.2 Å². The number of fused-ring (bicyclic) bond motifs is 1. The molecule has 18 heavy (non-hydrogen) atoms. The third-order valence-corrected chi connectivity index (χ3v) is 3.60. The Kier molecular flexibility index (Phi) is 3.00. The molecule has 0 aromatic heterocycles. The molecule has 0 saturated carbocycles. The van der Waals surface area contributed by atoms with Gasteiger partial charge in [0.25, 0.3) is 0 Å². The van der Waals surface area contributed by atoms with Crippen LogP contribution in [0, 0.1) is 6.92 Å². The van der Waals surface area contributed by atoms with Crippen molar-refractivity contribution in [3.8, 4) is 5.75 Å². The number of anilines is 1. The smallest absolute Gasteiger partial charge is 0.143 e. The minimum atomic E-state index is 0.0820. The number of halogens is 1. The van der Waals surface area contributed by atoms with Crippen molar-refractivity contribution in [1.82, 2.24) is 0 Å². The van der Waals surface area contributed by atoms with Crippen molar-refractivity contribution in [2.75, 3.05) is 11.9 Å². The summed E-state index contributed by atoms with van der Waals surface area (Å²) in [4.78, 5) is 0. The Morgan fingerprint density at radius 2 is 2.11 bits per heavy atom. The zero-order chi connectivity index (χ0) is 12.5. The van der Waals surface area contributed by atoms with Crippen LogP contribution in [0.2, 0.25) is 0 Å². The summed E-state index contributed by atoms with van der Waals surface area (Å²) in [6.07, 6.45) is 0.0820. The standard InChI is InChI=1S/C15H14BrNO/c1-10-3-2-4-11(7-10)15-9-17-13-8-12(16)5-6-14(13)18-15/h2-8,15,17H,9H2,1H3. The Morgan fingerprint density at radius 1 is 1.22 bits per heavy atom. The fourth-order valence-corrected chi connectivity index (χ4v) is 2.56. The summed E-state index contributed by atoms with van der Waals surface area (Å²) in [5.41, 5.74) is 3.53. The summed E-state index contributed by atoms with van der Waals surface area (Å²) in [7, 11) is 0. The highest BCUT2D eigenvalue weighted by Crippen LogP contribution is 2.35. The molecular weight excluding hydrogens is 290 g/mol. The van der Waals surface area contributed by atoms with Crippen molar-refractivity contribution < 1.29 is 4.74 Å². The van der Waals surface area contributed by atoms with E-state index in [1.807, 2.05) is 18.2 Å². The van der Waals surface area contributed by atoms with E-state index in [1.54, 1.807) is 0 Å². The molecular formula is C15H14BrNO. The SMILES string of the molecule is Cc1cccc(C2CNc3cc(Br)ccc3O2)c1. The first-order valence-corrected chi connectivity index (χ1v) is 6.78. The lowest BCUT2D eigenvalue weighted by atomic mass is 10.1. The van der Waals surface area contributed by atoms with Crippen molar-refractivity contribution in [1.29, 1.82) is 0 Å². The lowest BCUT2D eigenvalue weighted by Gasteiger charge is -2.28. The fraction of sp³-hybridized carbons (Fsp3) is 0.200. The number of aryl methyl sites for hydroxylation is 1. The van der Waals surface area contributed by atoms with Crippen LogP contribution >= 0.6 is 15.9 Å². The van der Waals surface area contributed by atoms with Gasteiger partial charge in [-0.1, -0.05) is 45.8 Å². The molecule has 1 aliphatic rings. The van der Waals surface area contributed by atoms with Gasteiger partial charge in [-0.2, -0.15) is 0 Å². The summed E-state index contributed by atoms with van der Waals surface area (Å²) in [5, 5.41) is 3.42. The van der Waals surface area contributed by atoms with E-state index >= 15 is 0 Å². The second-order valence-electron chi connectivity index (χ2n) is 4.54. The van der Waals surface area contributed by atoms with E-state index in [0.29, 0.717) is 0 Å². The number of hydrogen-bond acceptors (Lipinski definition) is 2. The van der Waals surface area contributed by atoms with Crippen LogP contribution in [0.3, 0.4) is 0 Å². The molecule has 0 fully saturated rings. The second-order valence-corrected chi connectivity index (χ2v) is 5.46. The van der Waals surface area contributed by atoms with Crippen LogP contribution in [-0.4, -0.2) is 6.54 Å². The molecule has 0 aliphatic carbocycles. The molecule has 0 radical (unpaired) electrons. The van der Waals surface area contributed by atoms with Gasteiger partial charge in [0.1, 0.15) is 11.9 Å². The van der Waals surface area contributed by atoms with Crippen LogP contribution < -0.4 is 10.1 Å². The number of rotatable bonds is 1. The Labute approximate surface area is 115 Å². The summed E-state index contributed by atoms with van der Waals surface area (Å²) in [6, 6.07) is 14.5. The van der Waals surface area contributed by atoms with Crippen molar-refractivity contribution in [2.45, 2.75) is 13.0 Å². The second kappa shape index (κ2) is 4.65. The third-order valence-electron chi connectivity index (χ3n) is 3.10. The largest absolute Gasteiger partial charge is 0.482 e. The van der Waals surface area contributed by atoms with E-state index < -0.39 is 0 Å². The Balaban J connectivity index is 1.89. The minimum absolute atomic E-state index is 0.0820. The topological polar surface area (TPSA) is 21.3 Å². The van der Waals surface area contributed by atoms with Gasteiger partial charge in [-0.3, -0.25) is 0 Å². The molecule has 1 atom stereocenters. The van der Waals surface area contributed by atoms with E-state index in [4.69, 9.17) is 4.74 Å². The van der Waals surface area contributed by atoms with Gasteiger partial charge in [-0.15, -0.1) is 0 Å². The van der Waals surface area contributed by atoms with Gasteiger partial charge in [0.2, 0.25) is 0 Å². The number of hydrogen-bond donors (Lipinski definition) is 1. The molecule has 1 N–H and O–H groups in total. The quantitative estimate of drug-likeness (QED) is 0.848. The highest BCUT2D eigenvalue weighted by atomic mass is 79.9. The molecule has 0 saturated heterocycles. The van der Waals surface area contributed by atoms with Gasteiger partial charge < -0.3 is 10.1 Å². The first-order chi connectivity index (χ1) is 8.72. The van der Waals surface area contributed by atoms with Crippen LogP contribution in [0.4, 0.5) is 5.69 Å². The van der Waals surface area contributed by atoms with Crippen LogP contribution in [0.5, 0.6) is 5.75 Å². The minimum Gasteiger partial charge on any atom is -0.482 e. The van der Waals surface area contributed by atoms with E-state index in [-0.39, 0.29) is 6.10 Å². The number of ether oxygens (including phenoxy) is 1. The highest BCUT2D eigenvalue weighted by Gasteiger charge is 2.20. The highest BCUT2D eigenvalue weighted by molar-refractivity contribution is 9.10. The molecule has 0 bridgehead atoms. The van der Waals surface area contributed by atoms with Crippen LogP contribution in [0.15, 0.2) is 46.9 Å². The van der Waals surface area contributed by atoms with E-state index in [0.717, 1.165) is 22.5 Å². The van der Waals surface area contributed by atoms with Crippen LogP contribution in [-0.2, 0) is 0 Å². The molecule has 3 rings (SSSR count). The Morgan fingerprint density at radius 3 is 2.94 bits per heavy atom. The molecule has 2 aromatic carbocycles. The molecule has 1 heterocycles. The predicted octanol–water partition coefficient (Wildman–Crippen LogP) is 4.30. The summed E-state index contributed by atoms with van der Waals surface area (Å²) < 4.78 is 7.11. The van der Waals surface area contributed by atoms with Gasteiger partial charge >= 0.3 is 0 Å². The maximum atomic E-state index is 6.04. The van der Waals surface area contributed by atoms with Gasteiger partial charge in [-0.25, -0.2) is 0 Å². The predicted molar refractivity (Wildman–Crippen MR) is 77.2 cm³/mol. The molecule has 92 valence electrons. The zero-order valence-corrected chi connectivity index (χ0v) is 11.7. The molecule has 3 heteroatoms. The summed E-state index contributed by atoms with van der Waals surface area (Å²) >= 11 is 3.46. The maximum absolute atomic E-state index is 6.04. The third kappa shape index (κ3) is 2.23. The molecule has 2 nitrogen and oxygen atoms in total. The van der Waals surface area contributed by atoms with Crippen LogP contribution in [0.1, 0.15) is 17.2 Å². The summed E-state index contributed by atoms with van der Waals surface area (Å²) in [6.45, 7) is 2.90. The average molecular weight is 304 g/mol. The molecule has 1 aliphatic heterocycles. The van der Waals surface area contributed by atoms with Gasteiger partial charge in [0, 0.05) is 4.47 Å². The maximum Gasteiger partial charge on any atom is 0.143 e. The van der Waals surface area contributed by atoms with Crippen molar-refractivity contribution in [3.63, 3.8) is 0 Å². The Hall–Kier alpha value is -1.48. The van der Waals surface area contributed by atoms with Crippen LogP contribution in [0.25, 0.3) is 0 Å². The summed E-state index contributed by atoms with van der Waals surface area (Å²) in [5.74, 6) is 0.913. The molecule has 1 unspecified atom stereocenters. The lowest BCUT2D eigenvalue weighted by Crippen LogP contribution is -2.23. The first kappa shape index (κ1) is 11.6.